The maximum atomic E-state index is 5.45. The lowest BCUT2D eigenvalue weighted by molar-refractivity contribution is 0.162. The summed E-state index contributed by atoms with van der Waals surface area (Å²) in [4.78, 5) is 4.62. The minimum Gasteiger partial charge on any atom is -0.497 e. The smallest absolute Gasteiger partial charge is 0.155 e. The van der Waals surface area contributed by atoms with Crippen LogP contribution in [0.15, 0.2) is 24.3 Å². The number of benzene rings is 1. The highest BCUT2D eigenvalue weighted by Gasteiger charge is 2.22. The molecule has 1 aliphatic rings. The van der Waals surface area contributed by atoms with Gasteiger partial charge in [-0.2, -0.15) is 5.10 Å². The molecule has 0 amide bonds. The van der Waals surface area contributed by atoms with Crippen LogP contribution in [0.2, 0.25) is 0 Å². The van der Waals surface area contributed by atoms with Crippen molar-refractivity contribution in [1.29, 1.82) is 0 Å². The minimum absolute atomic E-state index is 0.266. The number of hydrogen-bond acceptors (Lipinski definition) is 5. The van der Waals surface area contributed by atoms with E-state index in [4.69, 9.17) is 14.2 Å². The molecule has 1 aromatic carbocycles. The molecule has 0 N–H and O–H groups in total. The van der Waals surface area contributed by atoms with Gasteiger partial charge < -0.3 is 14.2 Å². The van der Waals surface area contributed by atoms with Crippen molar-refractivity contribution in [3.05, 3.63) is 41.5 Å². The Kier molecular flexibility index (Phi) is 4.70. The topological polar surface area (TPSA) is 58.4 Å². The number of methoxy groups -OCH3 is 2. The van der Waals surface area contributed by atoms with E-state index in [1.807, 2.05) is 28.9 Å². The SMILES string of the molecule is COCc1nc(Cc2ccc(OC)cc2)nn1C1CCOC1. The predicted octanol–water partition coefficient (Wildman–Crippen LogP) is 1.99. The summed E-state index contributed by atoms with van der Waals surface area (Å²) in [5.74, 6) is 2.52. The number of hydrogen-bond donors (Lipinski definition) is 0. The first-order valence-electron chi connectivity index (χ1n) is 7.44. The highest BCUT2D eigenvalue weighted by Crippen LogP contribution is 2.21. The van der Waals surface area contributed by atoms with Crippen molar-refractivity contribution in [2.45, 2.75) is 25.5 Å². The molecule has 1 aliphatic heterocycles. The molecule has 2 heterocycles. The van der Waals surface area contributed by atoms with Gasteiger partial charge in [-0.1, -0.05) is 12.1 Å². The Morgan fingerprint density at radius 2 is 2.09 bits per heavy atom. The van der Waals surface area contributed by atoms with Crippen molar-refractivity contribution < 1.29 is 14.2 Å². The first-order chi connectivity index (χ1) is 10.8. The molecule has 1 fully saturated rings. The second-order valence-electron chi connectivity index (χ2n) is 5.36. The zero-order valence-electron chi connectivity index (χ0n) is 13.0. The maximum Gasteiger partial charge on any atom is 0.155 e. The Balaban J connectivity index is 1.79. The Labute approximate surface area is 130 Å². The fourth-order valence-electron chi connectivity index (χ4n) is 2.64. The zero-order chi connectivity index (χ0) is 15.4. The van der Waals surface area contributed by atoms with Crippen molar-refractivity contribution in [1.82, 2.24) is 14.8 Å². The Hall–Kier alpha value is -1.92. The second kappa shape index (κ2) is 6.89. The van der Waals surface area contributed by atoms with E-state index in [0.29, 0.717) is 19.6 Å². The Morgan fingerprint density at radius 1 is 1.27 bits per heavy atom. The van der Waals surface area contributed by atoms with Crippen molar-refractivity contribution >= 4 is 0 Å². The standard InChI is InChI=1S/C16H21N3O3/c1-20-11-16-17-15(18-19(16)13-7-8-22-10-13)9-12-3-5-14(21-2)6-4-12/h3-6,13H,7-11H2,1-2H3. The molecule has 0 aliphatic carbocycles. The van der Waals surface area contributed by atoms with Gasteiger partial charge in [0.05, 0.1) is 19.8 Å². The van der Waals surface area contributed by atoms with Crippen molar-refractivity contribution in [2.75, 3.05) is 27.4 Å². The molecule has 1 atom stereocenters. The first-order valence-corrected chi connectivity index (χ1v) is 7.44. The molecular formula is C16H21N3O3. The molecule has 6 heteroatoms. The molecule has 3 rings (SSSR count). The van der Waals surface area contributed by atoms with Crippen LogP contribution >= 0.6 is 0 Å². The normalized spacial score (nSPS) is 17.8. The summed E-state index contributed by atoms with van der Waals surface area (Å²) in [5.41, 5.74) is 1.16. The molecule has 1 saturated heterocycles. The van der Waals surface area contributed by atoms with Crippen LogP contribution < -0.4 is 4.74 Å². The van der Waals surface area contributed by atoms with Crippen LogP contribution in [0.5, 0.6) is 5.75 Å². The van der Waals surface area contributed by atoms with Crippen molar-refractivity contribution in [2.24, 2.45) is 0 Å². The number of rotatable bonds is 6. The highest BCUT2D eigenvalue weighted by molar-refractivity contribution is 5.28. The van der Waals surface area contributed by atoms with Gasteiger partial charge in [-0.15, -0.1) is 0 Å². The second-order valence-corrected chi connectivity index (χ2v) is 5.36. The van der Waals surface area contributed by atoms with Gasteiger partial charge in [0.1, 0.15) is 12.4 Å². The lowest BCUT2D eigenvalue weighted by atomic mass is 10.1. The average Bonchev–Trinajstić information content (AvgIpc) is 3.18. The number of ether oxygens (including phenoxy) is 3. The van der Waals surface area contributed by atoms with Gasteiger partial charge >= 0.3 is 0 Å². The van der Waals surface area contributed by atoms with E-state index >= 15 is 0 Å². The molecule has 1 unspecified atom stereocenters. The first kappa shape index (κ1) is 15.0. The van der Waals surface area contributed by atoms with E-state index in [1.165, 1.54) is 0 Å². The summed E-state index contributed by atoms with van der Waals surface area (Å²) >= 11 is 0. The van der Waals surface area contributed by atoms with E-state index in [2.05, 4.69) is 10.1 Å². The van der Waals surface area contributed by atoms with E-state index in [-0.39, 0.29) is 6.04 Å². The van der Waals surface area contributed by atoms with Crippen LogP contribution in [-0.4, -0.2) is 42.2 Å². The summed E-state index contributed by atoms with van der Waals surface area (Å²) in [6.07, 6.45) is 1.67. The third kappa shape index (κ3) is 3.28. The highest BCUT2D eigenvalue weighted by atomic mass is 16.5. The molecule has 22 heavy (non-hydrogen) atoms. The largest absolute Gasteiger partial charge is 0.497 e. The minimum atomic E-state index is 0.266. The molecule has 0 radical (unpaired) electrons. The van der Waals surface area contributed by atoms with Gasteiger partial charge in [-0.3, -0.25) is 0 Å². The fraction of sp³-hybridized carbons (Fsp3) is 0.500. The molecule has 0 spiro atoms. The molecule has 0 bridgehead atoms. The van der Waals surface area contributed by atoms with Crippen LogP contribution in [0.4, 0.5) is 0 Å². The zero-order valence-corrected chi connectivity index (χ0v) is 13.0. The fourth-order valence-corrected chi connectivity index (χ4v) is 2.64. The third-order valence-electron chi connectivity index (χ3n) is 3.79. The van der Waals surface area contributed by atoms with Gasteiger partial charge in [-0.25, -0.2) is 9.67 Å². The van der Waals surface area contributed by atoms with E-state index in [9.17, 15) is 0 Å². The van der Waals surface area contributed by atoms with Crippen LogP contribution in [0.3, 0.4) is 0 Å². The van der Waals surface area contributed by atoms with Gasteiger partial charge in [0.15, 0.2) is 11.6 Å². The van der Waals surface area contributed by atoms with E-state index in [1.54, 1.807) is 14.2 Å². The van der Waals surface area contributed by atoms with Crippen molar-refractivity contribution in [3.8, 4) is 5.75 Å². The third-order valence-corrected chi connectivity index (χ3v) is 3.79. The van der Waals surface area contributed by atoms with Crippen molar-refractivity contribution in [3.63, 3.8) is 0 Å². The summed E-state index contributed by atoms with van der Waals surface area (Å²) in [6.45, 7) is 1.94. The lowest BCUT2D eigenvalue weighted by Crippen LogP contribution is -2.14. The van der Waals surface area contributed by atoms with Crippen LogP contribution in [0.25, 0.3) is 0 Å². The molecule has 6 nitrogen and oxygen atoms in total. The Morgan fingerprint density at radius 3 is 2.73 bits per heavy atom. The monoisotopic (exact) mass is 303 g/mol. The molecule has 1 aromatic heterocycles. The van der Waals surface area contributed by atoms with Crippen LogP contribution in [0.1, 0.15) is 29.7 Å². The number of aromatic nitrogens is 3. The van der Waals surface area contributed by atoms with Gasteiger partial charge in [-0.05, 0) is 24.1 Å². The summed E-state index contributed by atoms with van der Waals surface area (Å²) in [6, 6.07) is 8.24. The van der Waals surface area contributed by atoms with Gasteiger partial charge in [0.25, 0.3) is 0 Å². The average molecular weight is 303 g/mol. The lowest BCUT2D eigenvalue weighted by Gasteiger charge is -2.10. The summed E-state index contributed by atoms with van der Waals surface area (Å²) in [5, 5.41) is 4.66. The Bertz CT molecular complexity index is 604. The molecule has 118 valence electrons. The van der Waals surface area contributed by atoms with E-state index < -0.39 is 0 Å². The quantitative estimate of drug-likeness (QED) is 0.817. The van der Waals surface area contributed by atoms with Crippen LogP contribution in [0, 0.1) is 0 Å². The maximum absolute atomic E-state index is 5.45. The summed E-state index contributed by atoms with van der Waals surface area (Å²) < 4.78 is 17.8. The van der Waals surface area contributed by atoms with Crippen LogP contribution in [-0.2, 0) is 22.5 Å². The van der Waals surface area contributed by atoms with Gasteiger partial charge in [0, 0.05) is 20.1 Å². The number of nitrogens with zero attached hydrogens (tertiary/aromatic N) is 3. The van der Waals surface area contributed by atoms with E-state index in [0.717, 1.165) is 36.0 Å². The molecular weight excluding hydrogens is 282 g/mol. The molecule has 0 saturated carbocycles. The van der Waals surface area contributed by atoms with Gasteiger partial charge in [0.2, 0.25) is 0 Å². The summed E-state index contributed by atoms with van der Waals surface area (Å²) in [7, 11) is 3.34. The molecule has 2 aromatic rings. The predicted molar refractivity (Wildman–Crippen MR) is 81.0 cm³/mol.